The molecule has 1 atom stereocenters. The molecule has 1 amide bonds. The van der Waals surface area contributed by atoms with Crippen LogP contribution < -0.4 is 22.3 Å². The van der Waals surface area contributed by atoms with E-state index in [9.17, 15) is 14.4 Å². The van der Waals surface area contributed by atoms with Gasteiger partial charge in [0.1, 0.15) is 6.54 Å². The Morgan fingerprint density at radius 2 is 2.04 bits per heavy atom. The summed E-state index contributed by atoms with van der Waals surface area (Å²) in [6, 6.07) is -0.0211. The molecule has 3 N–H and O–H groups in total. The van der Waals surface area contributed by atoms with Gasteiger partial charge in [-0.2, -0.15) is 0 Å². The Morgan fingerprint density at radius 1 is 1.38 bits per heavy atom. The molecule has 24 heavy (non-hydrogen) atoms. The fraction of sp³-hybridized carbons (Fsp3) is 0.571. The van der Waals surface area contributed by atoms with Crippen molar-refractivity contribution in [2.75, 3.05) is 6.54 Å². The highest BCUT2D eigenvalue weighted by atomic mass is 35.5. The van der Waals surface area contributed by atoms with Gasteiger partial charge in [0.15, 0.2) is 11.2 Å². The van der Waals surface area contributed by atoms with E-state index < -0.39 is 11.2 Å². The zero-order valence-electron chi connectivity index (χ0n) is 13.6. The predicted octanol–water partition coefficient (Wildman–Crippen LogP) is -1.29. The minimum Gasteiger partial charge on any atom is -0.353 e. The number of carbonyl (C=O) groups is 1. The van der Waals surface area contributed by atoms with Crippen molar-refractivity contribution < 1.29 is 4.79 Å². The number of hydrogen-bond donors (Lipinski definition) is 2. The molecule has 1 unspecified atom stereocenters. The second kappa shape index (κ2) is 6.78. The Morgan fingerprint density at radius 3 is 2.67 bits per heavy atom. The summed E-state index contributed by atoms with van der Waals surface area (Å²) in [7, 11) is 2.94. The molecule has 10 heteroatoms. The van der Waals surface area contributed by atoms with Gasteiger partial charge in [-0.15, -0.1) is 12.4 Å². The van der Waals surface area contributed by atoms with Gasteiger partial charge in [0.2, 0.25) is 5.91 Å². The highest BCUT2D eigenvalue weighted by molar-refractivity contribution is 5.85. The number of halogens is 1. The van der Waals surface area contributed by atoms with Crippen LogP contribution in [0.3, 0.4) is 0 Å². The maximum Gasteiger partial charge on any atom is 0.332 e. The highest BCUT2D eigenvalue weighted by Gasteiger charge is 2.28. The number of nitrogens with zero attached hydrogens (tertiary/aromatic N) is 4. The van der Waals surface area contributed by atoms with Gasteiger partial charge in [-0.05, 0) is 18.8 Å². The maximum atomic E-state index is 12.3. The van der Waals surface area contributed by atoms with Crippen molar-refractivity contribution in [3.8, 4) is 0 Å². The van der Waals surface area contributed by atoms with E-state index in [2.05, 4.69) is 10.3 Å². The fourth-order valence-electron chi connectivity index (χ4n) is 2.65. The lowest BCUT2D eigenvalue weighted by Gasteiger charge is -2.12. The number of rotatable bonds is 5. The van der Waals surface area contributed by atoms with Gasteiger partial charge in [0.05, 0.1) is 6.33 Å². The fourth-order valence-corrected chi connectivity index (χ4v) is 2.65. The van der Waals surface area contributed by atoms with Crippen LogP contribution in [0.4, 0.5) is 0 Å². The minimum absolute atomic E-state index is 0. The number of nitrogens with one attached hydrogen (secondary N) is 1. The average Bonchev–Trinajstić information content (AvgIpc) is 3.30. The minimum atomic E-state index is -0.469. The molecule has 9 nitrogen and oxygen atoms in total. The van der Waals surface area contributed by atoms with Gasteiger partial charge in [-0.1, -0.05) is 0 Å². The summed E-state index contributed by atoms with van der Waals surface area (Å²) in [5.74, 6) is 0.266. The lowest BCUT2D eigenvalue weighted by molar-refractivity contribution is -0.121. The monoisotopic (exact) mass is 356 g/mol. The molecule has 0 spiro atoms. The van der Waals surface area contributed by atoms with E-state index in [4.69, 9.17) is 5.73 Å². The largest absolute Gasteiger partial charge is 0.353 e. The molecule has 0 aromatic carbocycles. The van der Waals surface area contributed by atoms with Crippen LogP contribution in [0, 0.1) is 5.92 Å². The molecule has 2 aromatic heterocycles. The summed E-state index contributed by atoms with van der Waals surface area (Å²) >= 11 is 0. The van der Waals surface area contributed by atoms with Gasteiger partial charge in [0, 0.05) is 26.7 Å². The van der Waals surface area contributed by atoms with Gasteiger partial charge in [0.25, 0.3) is 5.56 Å². The maximum absolute atomic E-state index is 12.3. The second-order valence-electron chi connectivity index (χ2n) is 6.06. The van der Waals surface area contributed by atoms with Crippen molar-refractivity contribution in [3.05, 3.63) is 27.2 Å². The average molecular weight is 357 g/mol. The van der Waals surface area contributed by atoms with Crippen LogP contribution in [0.15, 0.2) is 15.9 Å². The van der Waals surface area contributed by atoms with Gasteiger partial charge < -0.3 is 15.6 Å². The SMILES string of the molecule is Cl.Cn1c(=O)c2c(ncn2CC(=O)NCC(N)C2CC2)n(C)c1=O. The quantitative estimate of drug-likeness (QED) is 0.691. The molecule has 2 aromatic rings. The Hall–Kier alpha value is -2.13. The summed E-state index contributed by atoms with van der Waals surface area (Å²) in [5, 5.41) is 2.78. The molecule has 2 heterocycles. The van der Waals surface area contributed by atoms with E-state index in [0.717, 1.165) is 17.4 Å². The van der Waals surface area contributed by atoms with E-state index in [1.807, 2.05) is 0 Å². The number of nitrogens with two attached hydrogens (primary N) is 1. The number of imidazole rings is 1. The zero-order chi connectivity index (χ0) is 16.7. The molecule has 1 saturated carbocycles. The zero-order valence-corrected chi connectivity index (χ0v) is 14.4. The third-order valence-corrected chi connectivity index (χ3v) is 4.29. The molecule has 0 aliphatic heterocycles. The molecular formula is C14H21ClN6O3. The van der Waals surface area contributed by atoms with Crippen LogP contribution >= 0.6 is 12.4 Å². The summed E-state index contributed by atoms with van der Waals surface area (Å²) in [6.07, 6.45) is 3.63. The van der Waals surface area contributed by atoms with Crippen molar-refractivity contribution in [2.24, 2.45) is 25.7 Å². The molecular weight excluding hydrogens is 336 g/mol. The third kappa shape index (κ3) is 3.22. The van der Waals surface area contributed by atoms with Crippen molar-refractivity contribution in [2.45, 2.75) is 25.4 Å². The van der Waals surface area contributed by atoms with Gasteiger partial charge in [-0.25, -0.2) is 9.78 Å². The smallest absolute Gasteiger partial charge is 0.332 e. The first kappa shape index (κ1) is 18.2. The Balaban J connectivity index is 0.00000208. The van der Waals surface area contributed by atoms with E-state index in [1.54, 1.807) is 0 Å². The number of fused-ring (bicyclic) bond motifs is 1. The third-order valence-electron chi connectivity index (χ3n) is 4.29. The lowest BCUT2D eigenvalue weighted by Crippen LogP contribution is -2.40. The first-order valence-electron chi connectivity index (χ1n) is 7.53. The number of amides is 1. The summed E-state index contributed by atoms with van der Waals surface area (Å²) in [4.78, 5) is 40.3. The topological polar surface area (TPSA) is 117 Å². The molecule has 0 saturated heterocycles. The number of carbonyl (C=O) groups excluding carboxylic acids is 1. The van der Waals surface area contributed by atoms with Crippen LogP contribution in [0.25, 0.3) is 11.2 Å². The van der Waals surface area contributed by atoms with E-state index >= 15 is 0 Å². The number of hydrogen-bond acceptors (Lipinski definition) is 5. The molecule has 0 radical (unpaired) electrons. The first-order chi connectivity index (χ1) is 10.9. The Kier molecular flexibility index (Phi) is 5.14. The second-order valence-corrected chi connectivity index (χ2v) is 6.06. The van der Waals surface area contributed by atoms with Crippen molar-refractivity contribution in [3.63, 3.8) is 0 Å². The summed E-state index contributed by atoms with van der Waals surface area (Å²) < 4.78 is 3.74. The van der Waals surface area contributed by atoms with E-state index in [-0.39, 0.29) is 42.1 Å². The van der Waals surface area contributed by atoms with Crippen molar-refractivity contribution in [1.29, 1.82) is 0 Å². The van der Waals surface area contributed by atoms with E-state index in [0.29, 0.717) is 12.5 Å². The molecule has 1 aliphatic carbocycles. The van der Waals surface area contributed by atoms with Crippen LogP contribution in [-0.2, 0) is 25.4 Å². The highest BCUT2D eigenvalue weighted by Crippen LogP contribution is 2.31. The normalized spacial score (nSPS) is 15.1. The molecule has 132 valence electrons. The summed E-state index contributed by atoms with van der Waals surface area (Å²) in [5.41, 5.74) is 5.52. The van der Waals surface area contributed by atoms with Gasteiger partial charge in [-0.3, -0.25) is 18.7 Å². The van der Waals surface area contributed by atoms with Crippen molar-refractivity contribution in [1.82, 2.24) is 24.0 Å². The van der Waals surface area contributed by atoms with E-state index in [1.165, 1.54) is 29.6 Å². The van der Waals surface area contributed by atoms with Crippen LogP contribution in [0.5, 0.6) is 0 Å². The number of aromatic nitrogens is 4. The predicted molar refractivity (Wildman–Crippen MR) is 91.2 cm³/mol. The van der Waals surface area contributed by atoms with Crippen LogP contribution in [-0.4, -0.2) is 37.2 Å². The molecule has 1 fully saturated rings. The van der Waals surface area contributed by atoms with Gasteiger partial charge >= 0.3 is 5.69 Å². The summed E-state index contributed by atoms with van der Waals surface area (Å²) in [6.45, 7) is 0.383. The molecule has 0 bridgehead atoms. The molecule has 1 aliphatic rings. The first-order valence-corrected chi connectivity index (χ1v) is 7.53. The lowest BCUT2D eigenvalue weighted by atomic mass is 10.2. The van der Waals surface area contributed by atoms with Crippen LogP contribution in [0.2, 0.25) is 0 Å². The Bertz CT molecular complexity index is 879. The van der Waals surface area contributed by atoms with Crippen LogP contribution in [0.1, 0.15) is 12.8 Å². The standard InChI is InChI=1S/C14H20N6O3.ClH/c1-18-12-11(13(22)19(2)14(18)23)20(7-17-12)6-10(21)16-5-9(15)8-3-4-8;/h7-9H,3-6,15H2,1-2H3,(H,16,21);1H. The van der Waals surface area contributed by atoms with Crippen molar-refractivity contribution >= 4 is 29.5 Å². The Labute approximate surface area is 143 Å². The number of aryl methyl sites for hydroxylation is 1. The molecule has 3 rings (SSSR count).